The molecule has 21 heavy (non-hydrogen) atoms. The molecule has 1 heterocycles. The molecule has 0 aliphatic carbocycles. The van der Waals surface area contributed by atoms with Gasteiger partial charge in [-0.2, -0.15) is 0 Å². The number of carbonyl (C=O) groups is 2. The summed E-state index contributed by atoms with van der Waals surface area (Å²) in [4.78, 5) is 27.3. The molecule has 108 valence electrons. The number of ether oxygens (including phenoxy) is 1. The molecule has 0 radical (unpaired) electrons. The van der Waals surface area contributed by atoms with Gasteiger partial charge in [-0.1, -0.05) is 18.2 Å². The van der Waals surface area contributed by atoms with Crippen LogP contribution in [0.4, 0.5) is 5.82 Å². The number of rotatable bonds is 5. The number of nitrogens with one attached hydrogen (secondary N) is 1. The van der Waals surface area contributed by atoms with Crippen LogP contribution < -0.4 is 5.32 Å². The average molecular weight is 286 g/mol. The minimum Gasteiger partial charge on any atom is -0.478 e. The standard InChI is InChI=1S/C15H14N2O4/c1-21-9-10-5-2-3-6-11(10)14(18)17-13-12(15(19)20)7-4-8-16-13/h2-8H,9H2,1H3,(H,19,20)(H,16,17,18). The van der Waals surface area contributed by atoms with Crippen LogP contribution in [0.25, 0.3) is 0 Å². The number of aromatic carboxylic acids is 1. The average Bonchev–Trinajstić information content (AvgIpc) is 2.48. The zero-order valence-electron chi connectivity index (χ0n) is 11.4. The number of carbonyl (C=O) groups excluding carboxylic acids is 1. The number of nitrogens with zero attached hydrogens (tertiary/aromatic N) is 1. The third-order valence-corrected chi connectivity index (χ3v) is 2.83. The zero-order valence-corrected chi connectivity index (χ0v) is 11.4. The summed E-state index contributed by atoms with van der Waals surface area (Å²) in [7, 11) is 1.54. The number of anilines is 1. The first-order valence-corrected chi connectivity index (χ1v) is 6.20. The molecule has 0 spiro atoms. The predicted octanol–water partition coefficient (Wildman–Crippen LogP) is 2.18. The molecule has 6 nitrogen and oxygen atoms in total. The van der Waals surface area contributed by atoms with Crippen molar-refractivity contribution in [2.45, 2.75) is 6.61 Å². The lowest BCUT2D eigenvalue weighted by Crippen LogP contribution is -2.17. The number of hydrogen-bond donors (Lipinski definition) is 2. The molecule has 2 aromatic rings. The maximum Gasteiger partial charge on any atom is 0.339 e. The van der Waals surface area contributed by atoms with E-state index in [0.29, 0.717) is 11.1 Å². The van der Waals surface area contributed by atoms with Gasteiger partial charge in [0.1, 0.15) is 11.4 Å². The summed E-state index contributed by atoms with van der Waals surface area (Å²) in [6.45, 7) is 0.289. The Bertz CT molecular complexity index is 670. The Hall–Kier alpha value is -2.73. The second kappa shape index (κ2) is 6.62. The van der Waals surface area contributed by atoms with Crippen molar-refractivity contribution in [2.24, 2.45) is 0 Å². The molecule has 0 atom stereocenters. The van der Waals surface area contributed by atoms with Crippen LogP contribution in [-0.2, 0) is 11.3 Å². The van der Waals surface area contributed by atoms with Crippen molar-refractivity contribution >= 4 is 17.7 Å². The highest BCUT2D eigenvalue weighted by molar-refractivity contribution is 6.07. The second-order valence-electron chi connectivity index (χ2n) is 4.25. The van der Waals surface area contributed by atoms with E-state index in [1.807, 2.05) is 0 Å². The summed E-state index contributed by atoms with van der Waals surface area (Å²) < 4.78 is 5.04. The van der Waals surface area contributed by atoms with E-state index in [1.165, 1.54) is 25.4 Å². The largest absolute Gasteiger partial charge is 0.478 e. The quantitative estimate of drug-likeness (QED) is 0.879. The molecule has 0 unspecified atom stereocenters. The molecule has 1 aromatic heterocycles. The Morgan fingerprint density at radius 1 is 1.19 bits per heavy atom. The van der Waals surface area contributed by atoms with Crippen LogP contribution in [0.5, 0.6) is 0 Å². The van der Waals surface area contributed by atoms with Gasteiger partial charge in [-0.15, -0.1) is 0 Å². The highest BCUT2D eigenvalue weighted by atomic mass is 16.5. The smallest absolute Gasteiger partial charge is 0.339 e. The van der Waals surface area contributed by atoms with E-state index in [2.05, 4.69) is 10.3 Å². The number of methoxy groups -OCH3 is 1. The second-order valence-corrected chi connectivity index (χ2v) is 4.25. The zero-order chi connectivity index (χ0) is 15.2. The van der Waals surface area contributed by atoms with E-state index in [0.717, 1.165) is 0 Å². The minimum absolute atomic E-state index is 0.0159. The van der Waals surface area contributed by atoms with Gasteiger partial charge in [0, 0.05) is 18.9 Å². The summed E-state index contributed by atoms with van der Waals surface area (Å²) >= 11 is 0. The summed E-state index contributed by atoms with van der Waals surface area (Å²) in [6, 6.07) is 9.82. The van der Waals surface area contributed by atoms with Crippen LogP contribution in [0, 0.1) is 0 Å². The Balaban J connectivity index is 2.29. The lowest BCUT2D eigenvalue weighted by Gasteiger charge is -2.10. The summed E-state index contributed by atoms with van der Waals surface area (Å²) in [5, 5.41) is 11.6. The molecule has 6 heteroatoms. The van der Waals surface area contributed by atoms with Gasteiger partial charge in [0.2, 0.25) is 0 Å². The lowest BCUT2D eigenvalue weighted by atomic mass is 10.1. The van der Waals surface area contributed by atoms with E-state index in [1.54, 1.807) is 24.3 Å². The first kappa shape index (κ1) is 14.7. The van der Waals surface area contributed by atoms with Gasteiger partial charge in [-0.25, -0.2) is 9.78 Å². The lowest BCUT2D eigenvalue weighted by molar-refractivity contribution is 0.0697. The molecular formula is C15H14N2O4. The van der Waals surface area contributed by atoms with Crippen molar-refractivity contribution in [1.29, 1.82) is 0 Å². The minimum atomic E-state index is -1.15. The fourth-order valence-electron chi connectivity index (χ4n) is 1.88. The van der Waals surface area contributed by atoms with Crippen molar-refractivity contribution in [3.05, 3.63) is 59.3 Å². The number of hydrogen-bond acceptors (Lipinski definition) is 4. The van der Waals surface area contributed by atoms with E-state index >= 15 is 0 Å². The van der Waals surface area contributed by atoms with E-state index in [4.69, 9.17) is 9.84 Å². The first-order valence-electron chi connectivity index (χ1n) is 6.20. The van der Waals surface area contributed by atoms with Crippen LogP contribution in [0.2, 0.25) is 0 Å². The number of carboxylic acids is 1. The van der Waals surface area contributed by atoms with Gasteiger partial charge in [0.15, 0.2) is 0 Å². The topological polar surface area (TPSA) is 88.5 Å². The number of benzene rings is 1. The summed E-state index contributed by atoms with van der Waals surface area (Å²) in [5.74, 6) is -1.56. The first-order chi connectivity index (χ1) is 10.1. The van der Waals surface area contributed by atoms with Crippen LogP contribution in [0.15, 0.2) is 42.6 Å². The number of aromatic nitrogens is 1. The van der Waals surface area contributed by atoms with E-state index in [9.17, 15) is 9.59 Å². The molecule has 0 bridgehead atoms. The SMILES string of the molecule is COCc1ccccc1C(=O)Nc1ncccc1C(=O)O. The molecule has 2 rings (SSSR count). The van der Waals surface area contributed by atoms with Crippen molar-refractivity contribution in [3.8, 4) is 0 Å². The van der Waals surface area contributed by atoms with E-state index in [-0.39, 0.29) is 18.0 Å². The van der Waals surface area contributed by atoms with Crippen LogP contribution in [0.3, 0.4) is 0 Å². The normalized spacial score (nSPS) is 10.1. The molecular weight excluding hydrogens is 272 g/mol. The van der Waals surface area contributed by atoms with Crippen LogP contribution in [-0.4, -0.2) is 29.1 Å². The third kappa shape index (κ3) is 3.43. The van der Waals surface area contributed by atoms with Crippen molar-refractivity contribution in [2.75, 3.05) is 12.4 Å². The fourth-order valence-corrected chi connectivity index (χ4v) is 1.88. The van der Waals surface area contributed by atoms with Gasteiger partial charge >= 0.3 is 5.97 Å². The van der Waals surface area contributed by atoms with Gasteiger partial charge in [0.25, 0.3) is 5.91 Å². The van der Waals surface area contributed by atoms with Gasteiger partial charge in [0.05, 0.1) is 6.61 Å². The molecule has 0 saturated heterocycles. The number of pyridine rings is 1. The molecule has 1 aromatic carbocycles. The Morgan fingerprint density at radius 2 is 1.90 bits per heavy atom. The Kier molecular flexibility index (Phi) is 4.63. The summed E-state index contributed by atoms with van der Waals surface area (Å²) in [5.41, 5.74) is 1.07. The van der Waals surface area contributed by atoms with Gasteiger partial charge < -0.3 is 15.2 Å². The molecule has 0 aliphatic rings. The maximum absolute atomic E-state index is 12.3. The Labute approximate surface area is 121 Å². The van der Waals surface area contributed by atoms with Gasteiger partial charge in [-0.3, -0.25) is 4.79 Å². The number of amides is 1. The van der Waals surface area contributed by atoms with Crippen molar-refractivity contribution < 1.29 is 19.4 Å². The third-order valence-electron chi connectivity index (χ3n) is 2.83. The highest BCUT2D eigenvalue weighted by Gasteiger charge is 2.16. The predicted molar refractivity (Wildman–Crippen MR) is 76.3 cm³/mol. The van der Waals surface area contributed by atoms with Crippen LogP contribution >= 0.6 is 0 Å². The summed E-state index contributed by atoms with van der Waals surface area (Å²) in [6.07, 6.45) is 1.42. The van der Waals surface area contributed by atoms with Crippen molar-refractivity contribution in [1.82, 2.24) is 4.98 Å². The van der Waals surface area contributed by atoms with Crippen molar-refractivity contribution in [3.63, 3.8) is 0 Å². The highest BCUT2D eigenvalue weighted by Crippen LogP contribution is 2.15. The van der Waals surface area contributed by atoms with Gasteiger partial charge in [-0.05, 0) is 23.8 Å². The monoisotopic (exact) mass is 286 g/mol. The number of carboxylic acid groups (broad SMARTS) is 1. The van der Waals surface area contributed by atoms with E-state index < -0.39 is 11.9 Å². The molecule has 0 saturated carbocycles. The van der Waals surface area contributed by atoms with Crippen LogP contribution in [0.1, 0.15) is 26.3 Å². The molecule has 0 aliphatic heterocycles. The molecule has 2 N–H and O–H groups in total. The maximum atomic E-state index is 12.3. The molecule has 0 fully saturated rings. The molecule has 1 amide bonds. The fraction of sp³-hybridized carbons (Fsp3) is 0.133. The Morgan fingerprint density at radius 3 is 2.62 bits per heavy atom.